The first-order chi connectivity index (χ1) is 12.6. The van der Waals surface area contributed by atoms with Crippen LogP contribution in [0.4, 0.5) is 4.39 Å². The standard InChI is InChI=1S/C19H19FN2O3S/c1-13(22-16-8-4-5-9-17(16)25-19(22)24)18(23)21-10-11-26-12-14-6-2-3-7-15(14)20/h2-9,13H,10-12H2,1H3,(H,21,23). The third kappa shape index (κ3) is 3.99. The lowest BCUT2D eigenvalue weighted by Gasteiger charge is -2.13. The molecule has 0 fully saturated rings. The zero-order valence-electron chi connectivity index (χ0n) is 14.3. The summed E-state index contributed by atoms with van der Waals surface area (Å²) < 4.78 is 20.0. The predicted octanol–water partition coefficient (Wildman–Crippen LogP) is 3.34. The summed E-state index contributed by atoms with van der Waals surface area (Å²) in [5.74, 6) is 0.161. The van der Waals surface area contributed by atoms with E-state index in [4.69, 9.17) is 4.42 Å². The molecule has 1 N–H and O–H groups in total. The summed E-state index contributed by atoms with van der Waals surface area (Å²) >= 11 is 1.54. The van der Waals surface area contributed by atoms with Gasteiger partial charge in [0.25, 0.3) is 0 Å². The van der Waals surface area contributed by atoms with Gasteiger partial charge in [0, 0.05) is 18.1 Å². The van der Waals surface area contributed by atoms with Gasteiger partial charge in [-0.15, -0.1) is 0 Å². The third-order valence-electron chi connectivity index (χ3n) is 4.05. The van der Waals surface area contributed by atoms with Crippen molar-refractivity contribution in [2.75, 3.05) is 12.3 Å². The number of halogens is 1. The molecule has 1 amide bonds. The topological polar surface area (TPSA) is 64.2 Å². The summed E-state index contributed by atoms with van der Waals surface area (Å²) in [6, 6.07) is 13.0. The molecular weight excluding hydrogens is 355 g/mol. The quantitative estimate of drug-likeness (QED) is 0.644. The molecule has 0 aliphatic rings. The average molecular weight is 374 g/mol. The molecule has 3 aromatic rings. The summed E-state index contributed by atoms with van der Waals surface area (Å²) in [5, 5.41) is 2.81. The van der Waals surface area contributed by atoms with Crippen LogP contribution in [0.5, 0.6) is 0 Å². The summed E-state index contributed by atoms with van der Waals surface area (Å²) in [6.45, 7) is 2.10. The Balaban J connectivity index is 1.52. The highest BCUT2D eigenvalue weighted by Gasteiger charge is 2.20. The maximum Gasteiger partial charge on any atom is 0.420 e. The van der Waals surface area contributed by atoms with Crippen molar-refractivity contribution in [3.8, 4) is 0 Å². The molecule has 1 unspecified atom stereocenters. The van der Waals surface area contributed by atoms with Gasteiger partial charge in [0.1, 0.15) is 11.9 Å². The van der Waals surface area contributed by atoms with Gasteiger partial charge in [0.15, 0.2) is 5.58 Å². The fraction of sp³-hybridized carbons (Fsp3) is 0.263. The van der Waals surface area contributed by atoms with E-state index in [1.807, 2.05) is 0 Å². The van der Waals surface area contributed by atoms with Crippen molar-refractivity contribution in [1.82, 2.24) is 9.88 Å². The van der Waals surface area contributed by atoms with Crippen molar-refractivity contribution in [3.05, 3.63) is 70.5 Å². The first-order valence-electron chi connectivity index (χ1n) is 8.27. The Labute approximate surface area is 154 Å². The van der Waals surface area contributed by atoms with Crippen LogP contribution in [-0.2, 0) is 10.5 Å². The van der Waals surface area contributed by atoms with E-state index < -0.39 is 11.8 Å². The minimum absolute atomic E-state index is 0.219. The van der Waals surface area contributed by atoms with Gasteiger partial charge in [-0.05, 0) is 30.7 Å². The normalized spacial score (nSPS) is 12.2. The van der Waals surface area contributed by atoms with Crippen LogP contribution in [0.1, 0.15) is 18.5 Å². The number of nitrogens with zero attached hydrogens (tertiary/aromatic N) is 1. The van der Waals surface area contributed by atoms with Crippen molar-refractivity contribution in [1.29, 1.82) is 0 Å². The van der Waals surface area contributed by atoms with Crippen LogP contribution in [0, 0.1) is 5.82 Å². The molecule has 0 radical (unpaired) electrons. The van der Waals surface area contributed by atoms with Gasteiger partial charge in [0.05, 0.1) is 5.52 Å². The predicted molar refractivity (Wildman–Crippen MR) is 101 cm³/mol. The van der Waals surface area contributed by atoms with Gasteiger partial charge < -0.3 is 9.73 Å². The van der Waals surface area contributed by atoms with E-state index in [1.165, 1.54) is 22.4 Å². The molecule has 0 bridgehead atoms. The molecule has 136 valence electrons. The largest absolute Gasteiger partial charge is 0.420 e. The van der Waals surface area contributed by atoms with Crippen LogP contribution < -0.4 is 11.1 Å². The van der Waals surface area contributed by atoms with E-state index in [2.05, 4.69) is 5.32 Å². The molecular formula is C19H19FN2O3S. The highest BCUT2D eigenvalue weighted by atomic mass is 32.2. The minimum atomic E-state index is -0.678. The summed E-state index contributed by atoms with van der Waals surface area (Å²) in [6.07, 6.45) is 0. The van der Waals surface area contributed by atoms with Gasteiger partial charge in [-0.2, -0.15) is 11.8 Å². The van der Waals surface area contributed by atoms with Crippen molar-refractivity contribution in [2.24, 2.45) is 0 Å². The van der Waals surface area contributed by atoms with Crippen LogP contribution in [0.3, 0.4) is 0 Å². The molecule has 7 heteroatoms. The number of para-hydroxylation sites is 2. The first-order valence-corrected chi connectivity index (χ1v) is 9.42. The summed E-state index contributed by atoms with van der Waals surface area (Å²) in [4.78, 5) is 24.4. The lowest BCUT2D eigenvalue weighted by Crippen LogP contribution is -2.35. The van der Waals surface area contributed by atoms with Crippen molar-refractivity contribution in [3.63, 3.8) is 0 Å². The number of hydrogen-bond acceptors (Lipinski definition) is 4. The molecule has 0 saturated heterocycles. The molecule has 0 aliphatic carbocycles. The lowest BCUT2D eigenvalue weighted by molar-refractivity contribution is -0.123. The molecule has 0 saturated carbocycles. The molecule has 5 nitrogen and oxygen atoms in total. The molecule has 0 aliphatic heterocycles. The number of hydrogen-bond donors (Lipinski definition) is 1. The van der Waals surface area contributed by atoms with Crippen LogP contribution in [0.2, 0.25) is 0 Å². The smallest absolute Gasteiger partial charge is 0.408 e. The first kappa shape index (κ1) is 18.3. The van der Waals surface area contributed by atoms with E-state index in [-0.39, 0.29) is 11.7 Å². The van der Waals surface area contributed by atoms with E-state index in [0.29, 0.717) is 34.7 Å². The Hall–Kier alpha value is -2.54. The van der Waals surface area contributed by atoms with Gasteiger partial charge in [-0.25, -0.2) is 9.18 Å². The van der Waals surface area contributed by atoms with E-state index in [9.17, 15) is 14.0 Å². The monoisotopic (exact) mass is 374 g/mol. The molecule has 2 aromatic carbocycles. The number of carbonyl (C=O) groups excluding carboxylic acids is 1. The molecule has 1 atom stereocenters. The van der Waals surface area contributed by atoms with Crippen LogP contribution in [0.15, 0.2) is 57.7 Å². The summed E-state index contributed by atoms with van der Waals surface area (Å²) in [7, 11) is 0. The second kappa shape index (κ2) is 8.23. The van der Waals surface area contributed by atoms with Gasteiger partial charge in [0.2, 0.25) is 5.91 Å². The summed E-state index contributed by atoms with van der Waals surface area (Å²) in [5.41, 5.74) is 1.69. The fourth-order valence-corrected chi connectivity index (χ4v) is 3.50. The lowest BCUT2D eigenvalue weighted by atomic mass is 10.2. The number of oxazole rings is 1. The number of benzene rings is 2. The fourth-order valence-electron chi connectivity index (χ4n) is 2.66. The average Bonchev–Trinajstić information content (AvgIpc) is 2.97. The Kier molecular flexibility index (Phi) is 5.78. The van der Waals surface area contributed by atoms with Gasteiger partial charge >= 0.3 is 5.76 Å². The Morgan fingerprint density at radius 3 is 2.77 bits per heavy atom. The molecule has 1 aromatic heterocycles. The number of fused-ring (bicyclic) bond motifs is 1. The van der Waals surface area contributed by atoms with E-state index in [0.717, 1.165) is 0 Å². The third-order valence-corrected chi connectivity index (χ3v) is 5.05. The Bertz CT molecular complexity index is 967. The zero-order chi connectivity index (χ0) is 18.5. The highest BCUT2D eigenvalue weighted by Crippen LogP contribution is 2.17. The van der Waals surface area contributed by atoms with Gasteiger partial charge in [-0.3, -0.25) is 9.36 Å². The number of carbonyl (C=O) groups is 1. The molecule has 0 spiro atoms. The van der Waals surface area contributed by atoms with Crippen LogP contribution in [0.25, 0.3) is 11.1 Å². The molecule has 26 heavy (non-hydrogen) atoms. The van der Waals surface area contributed by atoms with E-state index in [1.54, 1.807) is 49.4 Å². The van der Waals surface area contributed by atoms with E-state index >= 15 is 0 Å². The SMILES string of the molecule is CC(C(=O)NCCSCc1ccccc1F)n1c(=O)oc2ccccc21. The van der Waals surface area contributed by atoms with Crippen molar-refractivity contribution in [2.45, 2.75) is 18.7 Å². The van der Waals surface area contributed by atoms with Crippen LogP contribution in [-0.4, -0.2) is 22.8 Å². The molecule has 1 heterocycles. The highest BCUT2D eigenvalue weighted by molar-refractivity contribution is 7.98. The zero-order valence-corrected chi connectivity index (χ0v) is 15.1. The molecule has 3 rings (SSSR count). The van der Waals surface area contributed by atoms with Crippen molar-refractivity contribution >= 4 is 28.8 Å². The number of rotatable bonds is 7. The van der Waals surface area contributed by atoms with Crippen molar-refractivity contribution < 1.29 is 13.6 Å². The number of nitrogens with one attached hydrogen (secondary N) is 1. The Morgan fingerprint density at radius 2 is 1.96 bits per heavy atom. The number of aromatic nitrogens is 1. The number of amides is 1. The second-order valence-corrected chi connectivity index (χ2v) is 6.92. The maximum atomic E-state index is 13.5. The second-order valence-electron chi connectivity index (χ2n) is 5.82. The van der Waals surface area contributed by atoms with Gasteiger partial charge in [-0.1, -0.05) is 30.3 Å². The maximum absolute atomic E-state index is 13.5. The van der Waals surface area contributed by atoms with Crippen LogP contribution >= 0.6 is 11.8 Å². The minimum Gasteiger partial charge on any atom is -0.408 e. The Morgan fingerprint density at radius 1 is 1.23 bits per heavy atom. The number of thioether (sulfide) groups is 1.